The van der Waals surface area contributed by atoms with E-state index < -0.39 is 0 Å². The van der Waals surface area contributed by atoms with E-state index in [0.717, 1.165) is 0 Å². The quantitative estimate of drug-likeness (QED) is 0.599. The largest absolute Gasteiger partial charge is 0.170 e. The molecule has 0 fully saturated rings. The molecule has 1 aliphatic carbocycles. The van der Waals surface area contributed by atoms with Crippen LogP contribution in [-0.2, 0) is 0 Å². The average molecular weight is 166 g/mol. The minimum Gasteiger partial charge on any atom is -0.170 e. The van der Waals surface area contributed by atoms with Gasteiger partial charge in [0, 0.05) is 5.25 Å². The standard InChI is InChI=1S/C10H14S/c1-4-6-9-7(3)10(11)8(9)5-2/h4-7,10-11H,2H2,1,3H3/b6-4-. The first-order valence-corrected chi connectivity index (χ1v) is 4.41. The molecule has 0 aromatic rings. The van der Waals surface area contributed by atoms with Gasteiger partial charge in [0.1, 0.15) is 0 Å². The van der Waals surface area contributed by atoms with Gasteiger partial charge in [-0.15, -0.1) is 0 Å². The van der Waals surface area contributed by atoms with Gasteiger partial charge in [0.15, 0.2) is 0 Å². The fourth-order valence-electron chi connectivity index (χ4n) is 1.44. The molecular formula is C10H14S. The van der Waals surface area contributed by atoms with Crippen LogP contribution >= 0.6 is 12.6 Å². The van der Waals surface area contributed by atoms with E-state index in [9.17, 15) is 0 Å². The van der Waals surface area contributed by atoms with Crippen LogP contribution in [0.3, 0.4) is 0 Å². The van der Waals surface area contributed by atoms with Crippen molar-refractivity contribution in [1.82, 2.24) is 0 Å². The van der Waals surface area contributed by atoms with Gasteiger partial charge < -0.3 is 0 Å². The fourth-order valence-corrected chi connectivity index (χ4v) is 1.86. The lowest BCUT2D eigenvalue weighted by Crippen LogP contribution is -2.27. The second-order valence-corrected chi connectivity index (χ2v) is 3.40. The molecule has 60 valence electrons. The first-order chi connectivity index (χ1) is 5.22. The molecule has 1 heteroatoms. The monoisotopic (exact) mass is 166 g/mol. The second-order valence-electron chi connectivity index (χ2n) is 2.85. The Morgan fingerprint density at radius 2 is 2.09 bits per heavy atom. The molecular weight excluding hydrogens is 152 g/mol. The Hall–Kier alpha value is -0.430. The molecule has 0 heterocycles. The predicted molar refractivity (Wildman–Crippen MR) is 54.0 cm³/mol. The maximum Gasteiger partial charge on any atom is 0.0335 e. The van der Waals surface area contributed by atoms with Gasteiger partial charge >= 0.3 is 0 Å². The summed E-state index contributed by atoms with van der Waals surface area (Å²) in [5, 5.41) is 0.402. The summed E-state index contributed by atoms with van der Waals surface area (Å²) in [6, 6.07) is 0. The summed E-state index contributed by atoms with van der Waals surface area (Å²) >= 11 is 4.44. The van der Waals surface area contributed by atoms with Crippen molar-refractivity contribution < 1.29 is 0 Å². The molecule has 11 heavy (non-hydrogen) atoms. The van der Waals surface area contributed by atoms with E-state index in [0.29, 0.717) is 11.2 Å². The normalized spacial score (nSPS) is 30.8. The third kappa shape index (κ3) is 1.30. The van der Waals surface area contributed by atoms with Crippen LogP contribution in [0.2, 0.25) is 0 Å². The van der Waals surface area contributed by atoms with Crippen LogP contribution < -0.4 is 0 Å². The number of hydrogen-bond donors (Lipinski definition) is 1. The molecule has 0 aromatic heterocycles. The summed E-state index contributed by atoms with van der Waals surface area (Å²) in [4.78, 5) is 0. The Morgan fingerprint density at radius 1 is 1.45 bits per heavy atom. The van der Waals surface area contributed by atoms with Crippen LogP contribution in [0.1, 0.15) is 13.8 Å². The Labute approximate surface area is 74.1 Å². The minimum atomic E-state index is 0.402. The second kappa shape index (κ2) is 3.31. The number of hydrogen-bond acceptors (Lipinski definition) is 1. The lowest BCUT2D eigenvalue weighted by molar-refractivity contribution is 0.636. The van der Waals surface area contributed by atoms with Gasteiger partial charge in [-0.2, -0.15) is 12.6 Å². The zero-order valence-corrected chi connectivity index (χ0v) is 7.94. The van der Waals surface area contributed by atoms with E-state index in [4.69, 9.17) is 0 Å². The molecule has 0 nitrogen and oxygen atoms in total. The topological polar surface area (TPSA) is 0 Å². The molecule has 1 rings (SSSR count). The Bertz CT molecular complexity index is 223. The molecule has 1 aliphatic rings. The van der Waals surface area contributed by atoms with Crippen molar-refractivity contribution in [2.45, 2.75) is 19.1 Å². The third-order valence-corrected chi connectivity index (χ3v) is 2.91. The smallest absolute Gasteiger partial charge is 0.0335 e. The highest BCUT2D eigenvalue weighted by molar-refractivity contribution is 7.81. The van der Waals surface area contributed by atoms with Crippen LogP contribution in [0.25, 0.3) is 0 Å². The molecule has 2 atom stereocenters. The molecule has 0 saturated heterocycles. The van der Waals surface area contributed by atoms with Crippen LogP contribution in [0, 0.1) is 5.92 Å². The Morgan fingerprint density at radius 3 is 2.55 bits per heavy atom. The lowest BCUT2D eigenvalue weighted by Gasteiger charge is -2.34. The maximum absolute atomic E-state index is 4.44. The van der Waals surface area contributed by atoms with Gasteiger partial charge in [-0.3, -0.25) is 0 Å². The summed E-state index contributed by atoms with van der Waals surface area (Å²) in [6.07, 6.45) is 6.12. The Kier molecular flexibility index (Phi) is 2.61. The zero-order valence-electron chi connectivity index (χ0n) is 7.04. The van der Waals surface area contributed by atoms with Crippen molar-refractivity contribution in [3.8, 4) is 0 Å². The maximum atomic E-state index is 4.44. The van der Waals surface area contributed by atoms with E-state index >= 15 is 0 Å². The summed E-state index contributed by atoms with van der Waals surface area (Å²) in [7, 11) is 0. The highest BCUT2D eigenvalue weighted by atomic mass is 32.1. The molecule has 0 radical (unpaired) electrons. The number of allylic oxidation sites excluding steroid dienone is 4. The predicted octanol–water partition coefficient (Wildman–Crippen LogP) is 2.99. The van der Waals surface area contributed by atoms with Gasteiger partial charge in [0.05, 0.1) is 0 Å². The molecule has 2 unspecified atom stereocenters. The van der Waals surface area contributed by atoms with Gasteiger partial charge in [-0.25, -0.2) is 0 Å². The highest BCUT2D eigenvalue weighted by Gasteiger charge is 2.30. The van der Waals surface area contributed by atoms with Crippen LogP contribution in [-0.4, -0.2) is 5.25 Å². The van der Waals surface area contributed by atoms with E-state index in [1.807, 2.05) is 13.0 Å². The molecule has 0 bridgehead atoms. The van der Waals surface area contributed by atoms with Gasteiger partial charge in [0.25, 0.3) is 0 Å². The van der Waals surface area contributed by atoms with Gasteiger partial charge in [0.2, 0.25) is 0 Å². The van der Waals surface area contributed by atoms with Gasteiger partial charge in [-0.1, -0.05) is 31.7 Å². The lowest BCUT2D eigenvalue weighted by atomic mass is 9.78. The van der Waals surface area contributed by atoms with Crippen LogP contribution in [0.4, 0.5) is 0 Å². The van der Waals surface area contributed by atoms with Crippen LogP contribution in [0.5, 0.6) is 0 Å². The molecule has 0 aliphatic heterocycles. The summed E-state index contributed by atoms with van der Waals surface area (Å²) in [5.41, 5.74) is 2.68. The minimum absolute atomic E-state index is 0.402. The van der Waals surface area contributed by atoms with Crippen molar-refractivity contribution in [2.75, 3.05) is 0 Å². The number of thiol groups is 1. The molecule has 0 N–H and O–H groups in total. The van der Waals surface area contributed by atoms with Crippen molar-refractivity contribution in [3.63, 3.8) is 0 Å². The summed E-state index contributed by atoms with van der Waals surface area (Å²) in [6.45, 7) is 7.99. The van der Waals surface area contributed by atoms with Crippen molar-refractivity contribution in [3.05, 3.63) is 36.0 Å². The summed E-state index contributed by atoms with van der Waals surface area (Å²) < 4.78 is 0. The third-order valence-electron chi connectivity index (χ3n) is 2.18. The Balaban J connectivity index is 2.90. The van der Waals surface area contributed by atoms with Crippen molar-refractivity contribution in [2.24, 2.45) is 5.92 Å². The number of rotatable bonds is 2. The molecule has 0 saturated carbocycles. The highest BCUT2D eigenvalue weighted by Crippen LogP contribution is 2.39. The van der Waals surface area contributed by atoms with Gasteiger partial charge in [-0.05, 0) is 24.0 Å². The van der Waals surface area contributed by atoms with E-state index in [1.165, 1.54) is 11.1 Å². The average Bonchev–Trinajstić information content (AvgIpc) is 2.04. The zero-order chi connectivity index (χ0) is 8.43. The first-order valence-electron chi connectivity index (χ1n) is 3.89. The summed E-state index contributed by atoms with van der Waals surface area (Å²) in [5.74, 6) is 0.586. The SMILES string of the molecule is C=CC1=C(/C=C\C)C(C)C1S. The molecule has 0 aromatic carbocycles. The van der Waals surface area contributed by atoms with E-state index in [2.05, 4.69) is 38.3 Å². The molecule has 0 amide bonds. The van der Waals surface area contributed by atoms with Crippen molar-refractivity contribution in [1.29, 1.82) is 0 Å². The van der Waals surface area contributed by atoms with E-state index in [-0.39, 0.29) is 0 Å². The molecule has 0 spiro atoms. The first kappa shape index (κ1) is 8.66. The fraction of sp³-hybridized carbons (Fsp3) is 0.400. The van der Waals surface area contributed by atoms with E-state index in [1.54, 1.807) is 0 Å². The van der Waals surface area contributed by atoms with Crippen molar-refractivity contribution >= 4 is 12.6 Å². The van der Waals surface area contributed by atoms with Crippen LogP contribution in [0.15, 0.2) is 36.0 Å².